The standard InChI is InChI=1S/C26H46/c1-17(2)23(18(3)4)25(9,10)21-13-15-22(16-14-21)26(11,12)24(19(5)6)20(7)8/h13-20,23-24H,1-12H3. The zero-order valence-corrected chi connectivity index (χ0v) is 19.8. The molecule has 0 aromatic heterocycles. The van der Waals surface area contributed by atoms with E-state index in [0.29, 0.717) is 35.5 Å². The molecular weight excluding hydrogens is 312 g/mol. The number of hydrogen-bond donors (Lipinski definition) is 0. The van der Waals surface area contributed by atoms with Crippen LogP contribution >= 0.6 is 0 Å². The van der Waals surface area contributed by atoms with Gasteiger partial charge in [-0.15, -0.1) is 0 Å². The number of hydrogen-bond acceptors (Lipinski definition) is 0. The highest BCUT2D eigenvalue weighted by atomic mass is 14.4. The van der Waals surface area contributed by atoms with Crippen LogP contribution in [0.1, 0.15) is 94.2 Å². The molecule has 0 saturated carbocycles. The normalized spacial score (nSPS) is 13.9. The Bertz CT molecular complexity index is 473. The minimum Gasteiger partial charge on any atom is -0.0625 e. The second-order valence-electron chi connectivity index (χ2n) is 11.0. The van der Waals surface area contributed by atoms with Gasteiger partial charge in [-0.05, 0) is 57.5 Å². The second-order valence-corrected chi connectivity index (χ2v) is 11.0. The fourth-order valence-electron chi connectivity index (χ4n) is 6.59. The molecule has 0 heteroatoms. The van der Waals surface area contributed by atoms with E-state index in [2.05, 4.69) is 107 Å². The van der Waals surface area contributed by atoms with Crippen molar-refractivity contribution in [3.8, 4) is 0 Å². The topological polar surface area (TPSA) is 0 Å². The van der Waals surface area contributed by atoms with E-state index in [1.54, 1.807) is 0 Å². The van der Waals surface area contributed by atoms with Crippen LogP contribution in [-0.2, 0) is 10.8 Å². The van der Waals surface area contributed by atoms with Crippen LogP contribution in [0.3, 0.4) is 0 Å². The molecule has 26 heavy (non-hydrogen) atoms. The molecule has 0 unspecified atom stereocenters. The van der Waals surface area contributed by atoms with Gasteiger partial charge in [-0.1, -0.05) is 107 Å². The van der Waals surface area contributed by atoms with Crippen LogP contribution in [0.5, 0.6) is 0 Å². The van der Waals surface area contributed by atoms with Gasteiger partial charge >= 0.3 is 0 Å². The first-order chi connectivity index (χ1) is 11.7. The summed E-state index contributed by atoms with van der Waals surface area (Å²) >= 11 is 0. The quantitative estimate of drug-likeness (QED) is 0.440. The molecule has 0 fully saturated rings. The average molecular weight is 359 g/mol. The summed E-state index contributed by atoms with van der Waals surface area (Å²) in [4.78, 5) is 0. The predicted octanol–water partition coefficient (Wildman–Crippen LogP) is 8.10. The highest BCUT2D eigenvalue weighted by molar-refractivity contribution is 5.33. The van der Waals surface area contributed by atoms with Gasteiger partial charge in [-0.25, -0.2) is 0 Å². The summed E-state index contributed by atoms with van der Waals surface area (Å²) in [5.41, 5.74) is 3.35. The van der Waals surface area contributed by atoms with Crippen LogP contribution < -0.4 is 0 Å². The molecule has 0 spiro atoms. The molecule has 0 atom stereocenters. The Kier molecular flexibility index (Phi) is 7.59. The van der Waals surface area contributed by atoms with Crippen molar-refractivity contribution in [2.75, 3.05) is 0 Å². The fourth-order valence-corrected chi connectivity index (χ4v) is 6.59. The van der Waals surface area contributed by atoms with Crippen molar-refractivity contribution >= 4 is 0 Å². The van der Waals surface area contributed by atoms with E-state index in [0.717, 1.165) is 0 Å². The average Bonchev–Trinajstić information content (AvgIpc) is 2.44. The third kappa shape index (κ3) is 4.73. The van der Waals surface area contributed by atoms with Crippen LogP contribution in [0.15, 0.2) is 24.3 Å². The molecule has 0 aliphatic carbocycles. The fraction of sp³-hybridized carbons (Fsp3) is 0.769. The summed E-state index contributed by atoms with van der Waals surface area (Å²) in [5, 5.41) is 0. The minimum atomic E-state index is 0.195. The van der Waals surface area contributed by atoms with Gasteiger partial charge in [-0.3, -0.25) is 0 Å². The van der Waals surface area contributed by atoms with E-state index in [9.17, 15) is 0 Å². The second kappa shape index (κ2) is 8.49. The van der Waals surface area contributed by atoms with Gasteiger partial charge in [0.1, 0.15) is 0 Å². The summed E-state index contributed by atoms with van der Waals surface area (Å²) in [6.07, 6.45) is 0. The molecule has 0 aliphatic heterocycles. The van der Waals surface area contributed by atoms with Gasteiger partial charge in [-0.2, -0.15) is 0 Å². The highest BCUT2D eigenvalue weighted by Crippen LogP contribution is 2.43. The Morgan fingerprint density at radius 2 is 0.654 bits per heavy atom. The van der Waals surface area contributed by atoms with Gasteiger partial charge in [0.25, 0.3) is 0 Å². The first kappa shape index (κ1) is 23.3. The maximum absolute atomic E-state index is 2.43. The lowest BCUT2D eigenvalue weighted by molar-refractivity contribution is 0.171. The molecule has 1 aromatic carbocycles. The maximum atomic E-state index is 2.43. The molecule has 1 aromatic rings. The Balaban J connectivity index is 3.26. The third-order valence-corrected chi connectivity index (χ3v) is 6.91. The molecular formula is C26H46. The Labute approximate surface area is 165 Å². The number of rotatable bonds is 8. The largest absolute Gasteiger partial charge is 0.0625 e. The molecule has 0 radical (unpaired) electrons. The van der Waals surface area contributed by atoms with E-state index in [4.69, 9.17) is 0 Å². The smallest absolute Gasteiger partial charge is 0.00704 e. The molecule has 0 heterocycles. The highest BCUT2D eigenvalue weighted by Gasteiger charge is 2.37. The monoisotopic (exact) mass is 358 g/mol. The molecule has 0 N–H and O–H groups in total. The van der Waals surface area contributed by atoms with E-state index in [-0.39, 0.29) is 10.8 Å². The van der Waals surface area contributed by atoms with Crippen molar-refractivity contribution in [3.63, 3.8) is 0 Å². The summed E-state index contributed by atoms with van der Waals surface area (Å²) < 4.78 is 0. The Hall–Kier alpha value is -0.780. The molecule has 150 valence electrons. The zero-order chi connectivity index (χ0) is 20.4. The lowest BCUT2D eigenvalue weighted by Gasteiger charge is -2.42. The Morgan fingerprint density at radius 3 is 0.808 bits per heavy atom. The summed E-state index contributed by atoms with van der Waals surface area (Å²) in [6.45, 7) is 28.7. The first-order valence-electron chi connectivity index (χ1n) is 10.9. The molecule has 0 nitrogen and oxygen atoms in total. The number of benzene rings is 1. The van der Waals surface area contributed by atoms with E-state index >= 15 is 0 Å². The van der Waals surface area contributed by atoms with Gasteiger partial charge in [0.2, 0.25) is 0 Å². The van der Waals surface area contributed by atoms with Gasteiger partial charge < -0.3 is 0 Å². The van der Waals surface area contributed by atoms with Crippen molar-refractivity contribution < 1.29 is 0 Å². The molecule has 0 bridgehead atoms. The van der Waals surface area contributed by atoms with Crippen LogP contribution in [-0.4, -0.2) is 0 Å². The lowest BCUT2D eigenvalue weighted by atomic mass is 9.62. The summed E-state index contributed by atoms with van der Waals surface area (Å²) in [7, 11) is 0. The van der Waals surface area contributed by atoms with Crippen molar-refractivity contribution in [2.45, 2.75) is 93.9 Å². The molecule has 0 saturated heterocycles. The van der Waals surface area contributed by atoms with E-state index in [1.165, 1.54) is 11.1 Å². The zero-order valence-electron chi connectivity index (χ0n) is 19.8. The molecule has 0 amide bonds. The molecule has 1 rings (SSSR count). The van der Waals surface area contributed by atoms with E-state index in [1.807, 2.05) is 0 Å². The van der Waals surface area contributed by atoms with Crippen molar-refractivity contribution in [1.29, 1.82) is 0 Å². The van der Waals surface area contributed by atoms with Crippen molar-refractivity contribution in [3.05, 3.63) is 35.4 Å². The predicted molar refractivity (Wildman–Crippen MR) is 119 cm³/mol. The maximum Gasteiger partial charge on any atom is -0.00704 e. The Morgan fingerprint density at radius 1 is 0.462 bits per heavy atom. The first-order valence-corrected chi connectivity index (χ1v) is 10.9. The molecule has 0 aliphatic rings. The van der Waals surface area contributed by atoms with Gasteiger partial charge in [0.05, 0.1) is 0 Å². The van der Waals surface area contributed by atoms with E-state index < -0.39 is 0 Å². The van der Waals surface area contributed by atoms with Crippen LogP contribution in [0.4, 0.5) is 0 Å². The van der Waals surface area contributed by atoms with Crippen molar-refractivity contribution in [2.24, 2.45) is 35.5 Å². The summed E-state index contributed by atoms with van der Waals surface area (Å²) in [5.74, 6) is 4.11. The van der Waals surface area contributed by atoms with Crippen LogP contribution in [0.2, 0.25) is 0 Å². The lowest BCUT2D eigenvalue weighted by Crippen LogP contribution is -2.37. The van der Waals surface area contributed by atoms with Gasteiger partial charge in [0, 0.05) is 0 Å². The van der Waals surface area contributed by atoms with Gasteiger partial charge in [0.15, 0.2) is 0 Å². The van der Waals surface area contributed by atoms with Crippen LogP contribution in [0.25, 0.3) is 0 Å². The SMILES string of the molecule is CC(C)C(C(C)C)C(C)(C)c1ccc(C(C)(C)C(C(C)C)C(C)C)cc1. The third-order valence-electron chi connectivity index (χ3n) is 6.91. The summed E-state index contributed by atoms with van der Waals surface area (Å²) in [6, 6.07) is 9.64. The minimum absolute atomic E-state index is 0.195. The van der Waals surface area contributed by atoms with Crippen LogP contribution in [0, 0.1) is 35.5 Å². The van der Waals surface area contributed by atoms with Crippen molar-refractivity contribution in [1.82, 2.24) is 0 Å².